The third-order valence-electron chi connectivity index (χ3n) is 3.99. The van der Waals surface area contributed by atoms with Crippen LogP contribution in [0.4, 0.5) is 11.4 Å². The number of hydrogen-bond acceptors (Lipinski definition) is 5. The van der Waals surface area contributed by atoms with Crippen LogP contribution in [0.5, 0.6) is 0 Å². The van der Waals surface area contributed by atoms with E-state index in [1.165, 1.54) is 11.3 Å². The number of aryl methyl sites for hydroxylation is 1. The zero-order valence-corrected chi connectivity index (χ0v) is 15.7. The summed E-state index contributed by atoms with van der Waals surface area (Å²) in [5.41, 5.74) is 0.586. The summed E-state index contributed by atoms with van der Waals surface area (Å²) in [5.74, 6) is -0.518. The van der Waals surface area contributed by atoms with Gasteiger partial charge in [0.15, 0.2) is 5.69 Å². The molecule has 8 heteroatoms. The molecule has 1 N–H and O–H groups in total. The van der Waals surface area contributed by atoms with Gasteiger partial charge in [0.2, 0.25) is 0 Å². The quantitative estimate of drug-likeness (QED) is 0.467. The van der Waals surface area contributed by atoms with Crippen LogP contribution in [0.25, 0.3) is 10.1 Å². The highest BCUT2D eigenvalue weighted by molar-refractivity contribution is 7.21. The number of carbonyl (C=O) groups is 1. The molecule has 0 aliphatic carbocycles. The summed E-state index contributed by atoms with van der Waals surface area (Å²) in [4.78, 5) is 25.9. The first kappa shape index (κ1) is 17.4. The number of nitrogens with one attached hydrogen (secondary N) is 1. The topological polar surface area (TPSA) is 79.6 Å². The number of azo groups is 1. The maximum Gasteiger partial charge on any atom is 0.302 e. The van der Waals surface area contributed by atoms with Crippen molar-refractivity contribution in [3.63, 3.8) is 0 Å². The maximum atomic E-state index is 12.9. The van der Waals surface area contributed by atoms with Gasteiger partial charge >= 0.3 is 5.56 Å². The zero-order chi connectivity index (χ0) is 19.0. The van der Waals surface area contributed by atoms with Crippen molar-refractivity contribution in [1.82, 2.24) is 9.78 Å². The first-order chi connectivity index (χ1) is 13.1. The Morgan fingerprint density at radius 2 is 1.78 bits per heavy atom. The molecule has 27 heavy (non-hydrogen) atoms. The Labute approximate surface area is 162 Å². The van der Waals surface area contributed by atoms with E-state index >= 15 is 0 Å². The van der Waals surface area contributed by atoms with Crippen LogP contribution in [0.15, 0.2) is 69.6 Å². The van der Waals surface area contributed by atoms with Crippen LogP contribution in [0.1, 0.15) is 15.4 Å². The lowest BCUT2D eigenvalue weighted by molar-refractivity contribution is 0.0945. The summed E-state index contributed by atoms with van der Waals surface area (Å²) >= 11 is 7.61. The summed E-state index contributed by atoms with van der Waals surface area (Å²) in [6.07, 6.45) is 0. The highest BCUT2D eigenvalue weighted by Crippen LogP contribution is 2.35. The fourth-order valence-corrected chi connectivity index (χ4v) is 4.10. The molecule has 6 nitrogen and oxygen atoms in total. The van der Waals surface area contributed by atoms with Crippen molar-refractivity contribution in [3.8, 4) is 0 Å². The van der Waals surface area contributed by atoms with E-state index < -0.39 is 11.5 Å². The van der Waals surface area contributed by atoms with E-state index in [4.69, 9.17) is 11.6 Å². The molecule has 0 saturated carbocycles. The SMILES string of the molecule is Cc1[nH]n(C(=O)c2sc3ccccc3c2Cl)c(=O)c1N=Nc1ccccc1. The van der Waals surface area contributed by atoms with Crippen LogP contribution in [0.3, 0.4) is 0 Å². The van der Waals surface area contributed by atoms with Gasteiger partial charge < -0.3 is 0 Å². The van der Waals surface area contributed by atoms with Crippen molar-refractivity contribution in [3.05, 3.63) is 80.5 Å². The average Bonchev–Trinajstić information content (AvgIpc) is 3.17. The molecule has 4 rings (SSSR count). The van der Waals surface area contributed by atoms with Crippen molar-refractivity contribution in [1.29, 1.82) is 0 Å². The molecule has 0 fully saturated rings. The minimum absolute atomic E-state index is 0.0874. The molecular formula is C19H13ClN4O2S. The Balaban J connectivity index is 1.74. The van der Waals surface area contributed by atoms with Gasteiger partial charge in [0.1, 0.15) is 4.88 Å². The lowest BCUT2D eigenvalue weighted by Crippen LogP contribution is -2.24. The van der Waals surface area contributed by atoms with E-state index in [2.05, 4.69) is 15.3 Å². The van der Waals surface area contributed by atoms with Crippen LogP contribution in [0.2, 0.25) is 5.02 Å². The lowest BCUT2D eigenvalue weighted by atomic mass is 10.2. The number of aromatic amines is 1. The summed E-state index contributed by atoms with van der Waals surface area (Å²) in [5, 5.41) is 12.0. The minimum atomic E-state index is -0.564. The zero-order valence-electron chi connectivity index (χ0n) is 14.1. The van der Waals surface area contributed by atoms with Crippen molar-refractivity contribution in [2.24, 2.45) is 10.2 Å². The summed E-state index contributed by atoms with van der Waals surface area (Å²) in [7, 11) is 0. The van der Waals surface area contributed by atoms with Crippen molar-refractivity contribution >= 4 is 50.3 Å². The van der Waals surface area contributed by atoms with Crippen molar-refractivity contribution in [2.75, 3.05) is 0 Å². The Kier molecular flexibility index (Phi) is 4.47. The molecule has 0 saturated heterocycles. The predicted molar refractivity (Wildman–Crippen MR) is 107 cm³/mol. The summed E-state index contributed by atoms with van der Waals surface area (Å²) in [6, 6.07) is 16.5. The number of halogens is 1. The molecule has 0 spiro atoms. The molecule has 2 aromatic heterocycles. The molecule has 0 bridgehead atoms. The number of nitrogens with zero attached hydrogens (tertiary/aromatic N) is 3. The number of hydrogen-bond donors (Lipinski definition) is 1. The molecule has 0 unspecified atom stereocenters. The molecule has 4 aromatic rings. The van der Waals surface area contributed by atoms with E-state index in [0.29, 0.717) is 21.3 Å². The number of benzene rings is 2. The highest BCUT2D eigenvalue weighted by Gasteiger charge is 2.23. The van der Waals surface area contributed by atoms with Gasteiger partial charge in [-0.15, -0.1) is 16.5 Å². The molecule has 0 amide bonds. The molecule has 0 aliphatic rings. The third-order valence-corrected chi connectivity index (χ3v) is 5.66. The molecule has 0 aliphatic heterocycles. The summed E-state index contributed by atoms with van der Waals surface area (Å²) < 4.78 is 1.80. The molecular weight excluding hydrogens is 384 g/mol. The van der Waals surface area contributed by atoms with Gasteiger partial charge in [-0.3, -0.25) is 14.7 Å². The number of thiophene rings is 1. The van der Waals surface area contributed by atoms with Gasteiger partial charge in [0, 0.05) is 10.1 Å². The minimum Gasteiger partial charge on any atom is -0.290 e. The number of fused-ring (bicyclic) bond motifs is 1. The molecule has 2 aromatic carbocycles. The van der Waals surface area contributed by atoms with E-state index in [9.17, 15) is 9.59 Å². The average molecular weight is 397 g/mol. The van der Waals surface area contributed by atoms with Crippen LogP contribution >= 0.6 is 22.9 Å². The lowest BCUT2D eigenvalue weighted by Gasteiger charge is -1.98. The van der Waals surface area contributed by atoms with Crippen LogP contribution < -0.4 is 5.56 Å². The number of rotatable bonds is 3. The Hall–Kier alpha value is -3.03. The van der Waals surface area contributed by atoms with E-state index in [1.54, 1.807) is 19.1 Å². The largest absolute Gasteiger partial charge is 0.302 e. The highest BCUT2D eigenvalue weighted by atomic mass is 35.5. The first-order valence-corrected chi connectivity index (χ1v) is 9.26. The third kappa shape index (κ3) is 3.11. The Morgan fingerprint density at radius 1 is 1.07 bits per heavy atom. The van der Waals surface area contributed by atoms with Gasteiger partial charge in [-0.1, -0.05) is 48.0 Å². The van der Waals surface area contributed by atoms with Crippen LogP contribution in [0, 0.1) is 6.92 Å². The fraction of sp³-hybridized carbons (Fsp3) is 0.0526. The summed E-state index contributed by atoms with van der Waals surface area (Å²) in [6.45, 7) is 1.66. The second-order valence-corrected chi connectivity index (χ2v) is 7.24. The second kappa shape index (κ2) is 6.94. The standard InChI is InChI=1S/C19H13ClN4O2S/c1-11-16(22-21-12-7-3-2-4-8-12)18(25)24(23-11)19(26)17-15(20)13-9-5-6-10-14(13)27-17/h2-10,23H,1H3. The first-order valence-electron chi connectivity index (χ1n) is 8.06. The van der Waals surface area contributed by atoms with Crippen molar-refractivity contribution in [2.45, 2.75) is 6.92 Å². The smallest absolute Gasteiger partial charge is 0.290 e. The van der Waals surface area contributed by atoms with Gasteiger partial charge in [0.25, 0.3) is 5.91 Å². The van der Waals surface area contributed by atoms with E-state index in [1.807, 2.05) is 42.5 Å². The van der Waals surface area contributed by atoms with Gasteiger partial charge in [0.05, 0.1) is 16.4 Å². The van der Waals surface area contributed by atoms with Crippen molar-refractivity contribution < 1.29 is 4.79 Å². The Bertz CT molecular complexity index is 1240. The number of carbonyl (C=O) groups excluding carboxylic acids is 1. The number of H-pyrrole nitrogens is 1. The number of aromatic nitrogens is 2. The van der Waals surface area contributed by atoms with Gasteiger partial charge in [-0.05, 0) is 25.1 Å². The monoisotopic (exact) mass is 396 g/mol. The molecule has 0 radical (unpaired) electrons. The van der Waals surface area contributed by atoms with Gasteiger partial charge in [-0.25, -0.2) is 0 Å². The normalized spacial score (nSPS) is 11.5. The fourth-order valence-electron chi connectivity index (χ4n) is 2.65. The Morgan fingerprint density at radius 3 is 2.52 bits per heavy atom. The van der Waals surface area contributed by atoms with E-state index in [-0.39, 0.29) is 5.69 Å². The maximum absolute atomic E-state index is 12.9. The molecule has 0 atom stereocenters. The van der Waals surface area contributed by atoms with E-state index in [0.717, 1.165) is 14.8 Å². The van der Waals surface area contributed by atoms with Gasteiger partial charge in [-0.2, -0.15) is 9.80 Å². The van der Waals surface area contributed by atoms with Crippen LogP contribution in [-0.4, -0.2) is 15.7 Å². The molecule has 134 valence electrons. The molecule has 2 heterocycles. The predicted octanol–water partition coefficient (Wildman–Crippen LogP) is 5.46. The second-order valence-electron chi connectivity index (χ2n) is 5.81. The van der Waals surface area contributed by atoms with Crippen LogP contribution in [-0.2, 0) is 0 Å².